The lowest BCUT2D eigenvalue weighted by molar-refractivity contribution is -0.384. The molecule has 31 heavy (non-hydrogen) atoms. The molecule has 3 rings (SSSR count). The molecule has 0 radical (unpaired) electrons. The number of carbonyl (C=O) groups is 1. The molecule has 2 aromatic carbocycles. The van der Waals surface area contributed by atoms with Crippen molar-refractivity contribution in [1.82, 2.24) is 5.43 Å². The number of hydrogen-bond acceptors (Lipinski definition) is 6. The second-order valence-corrected chi connectivity index (χ2v) is 8.32. The first-order valence-corrected chi connectivity index (χ1v) is 10.3. The third-order valence-corrected chi connectivity index (χ3v) is 5.74. The lowest BCUT2D eigenvalue weighted by Gasteiger charge is -2.47. The number of nitrogens with one attached hydrogen (secondary N) is 1. The van der Waals surface area contributed by atoms with Crippen LogP contribution in [0.2, 0.25) is 0 Å². The van der Waals surface area contributed by atoms with E-state index in [0.29, 0.717) is 11.7 Å². The SMILES string of the molecule is CCN1c2cc(OC)c(/C=N\NC(=O)c3cccc([N+](=O)[O-])c3)cc2C(C)CC1(C)C. The van der Waals surface area contributed by atoms with E-state index in [4.69, 9.17) is 4.74 Å². The molecule has 1 heterocycles. The van der Waals surface area contributed by atoms with E-state index in [-0.39, 0.29) is 16.8 Å². The molecule has 1 N–H and O–H groups in total. The van der Waals surface area contributed by atoms with E-state index in [1.165, 1.54) is 36.0 Å². The monoisotopic (exact) mass is 424 g/mol. The molecule has 2 aromatic rings. The lowest BCUT2D eigenvalue weighted by Crippen LogP contribution is -2.48. The minimum Gasteiger partial charge on any atom is -0.496 e. The maximum absolute atomic E-state index is 12.3. The zero-order chi connectivity index (χ0) is 22.8. The number of nitro groups is 1. The highest BCUT2D eigenvalue weighted by Crippen LogP contribution is 2.45. The summed E-state index contributed by atoms with van der Waals surface area (Å²) in [6.45, 7) is 9.75. The van der Waals surface area contributed by atoms with Crippen molar-refractivity contribution in [3.05, 3.63) is 63.2 Å². The maximum atomic E-state index is 12.3. The van der Waals surface area contributed by atoms with Gasteiger partial charge in [-0.2, -0.15) is 5.10 Å². The Morgan fingerprint density at radius 3 is 2.77 bits per heavy atom. The first-order valence-electron chi connectivity index (χ1n) is 10.3. The number of rotatable bonds is 6. The van der Waals surface area contributed by atoms with Crippen LogP contribution < -0.4 is 15.1 Å². The van der Waals surface area contributed by atoms with Crippen LogP contribution in [0.5, 0.6) is 5.75 Å². The van der Waals surface area contributed by atoms with Gasteiger partial charge in [0.1, 0.15) is 5.75 Å². The summed E-state index contributed by atoms with van der Waals surface area (Å²) >= 11 is 0. The molecular formula is C23H28N4O4. The van der Waals surface area contributed by atoms with E-state index in [0.717, 1.165) is 24.2 Å². The first kappa shape index (κ1) is 22.3. The minimum atomic E-state index is -0.542. The molecule has 0 saturated carbocycles. The number of nitro benzene ring substituents is 1. The molecule has 8 nitrogen and oxygen atoms in total. The molecule has 0 aliphatic carbocycles. The molecule has 0 bridgehead atoms. The minimum absolute atomic E-state index is 0.0497. The van der Waals surface area contributed by atoms with Gasteiger partial charge < -0.3 is 9.64 Å². The summed E-state index contributed by atoms with van der Waals surface area (Å²) in [5.74, 6) is 0.505. The van der Waals surface area contributed by atoms with Gasteiger partial charge in [-0.15, -0.1) is 0 Å². The number of hydrogen-bond donors (Lipinski definition) is 1. The summed E-state index contributed by atoms with van der Waals surface area (Å²) in [5.41, 5.74) is 5.62. The Bertz CT molecular complexity index is 1030. The smallest absolute Gasteiger partial charge is 0.271 e. The van der Waals surface area contributed by atoms with Gasteiger partial charge in [0, 0.05) is 47.1 Å². The number of ether oxygens (including phenoxy) is 1. The number of benzene rings is 2. The first-order chi connectivity index (χ1) is 14.7. The van der Waals surface area contributed by atoms with Gasteiger partial charge in [-0.25, -0.2) is 5.43 Å². The number of methoxy groups -OCH3 is 1. The predicted molar refractivity (Wildman–Crippen MR) is 121 cm³/mol. The van der Waals surface area contributed by atoms with Crippen LogP contribution in [0.25, 0.3) is 0 Å². The average molecular weight is 425 g/mol. The summed E-state index contributed by atoms with van der Waals surface area (Å²) in [4.78, 5) is 25.1. The second-order valence-electron chi connectivity index (χ2n) is 8.32. The summed E-state index contributed by atoms with van der Waals surface area (Å²) in [6, 6.07) is 9.60. The molecular weight excluding hydrogens is 396 g/mol. The molecule has 0 fully saturated rings. The van der Waals surface area contributed by atoms with E-state index < -0.39 is 10.8 Å². The molecule has 1 aliphatic heterocycles. The summed E-state index contributed by atoms with van der Waals surface area (Å²) in [7, 11) is 1.61. The zero-order valence-electron chi connectivity index (χ0n) is 18.5. The quantitative estimate of drug-likeness (QED) is 0.419. The van der Waals surface area contributed by atoms with Crippen LogP contribution in [0, 0.1) is 10.1 Å². The van der Waals surface area contributed by atoms with E-state index in [1.54, 1.807) is 7.11 Å². The van der Waals surface area contributed by atoms with Crippen molar-refractivity contribution in [3.8, 4) is 5.75 Å². The van der Waals surface area contributed by atoms with E-state index in [2.05, 4.69) is 49.2 Å². The van der Waals surface area contributed by atoms with Crippen molar-refractivity contribution in [2.75, 3.05) is 18.6 Å². The Hall–Kier alpha value is -3.42. The Balaban J connectivity index is 1.86. The highest BCUT2D eigenvalue weighted by molar-refractivity contribution is 5.95. The summed E-state index contributed by atoms with van der Waals surface area (Å²) in [6.07, 6.45) is 2.57. The van der Waals surface area contributed by atoms with Crippen molar-refractivity contribution >= 4 is 23.5 Å². The third-order valence-electron chi connectivity index (χ3n) is 5.74. The van der Waals surface area contributed by atoms with Crippen LogP contribution in [0.3, 0.4) is 0 Å². The molecule has 0 aromatic heterocycles. The Kier molecular flexibility index (Phi) is 6.29. The number of hydrazone groups is 1. The van der Waals surface area contributed by atoms with Gasteiger partial charge in [0.05, 0.1) is 18.2 Å². The fourth-order valence-corrected chi connectivity index (χ4v) is 4.39. The van der Waals surface area contributed by atoms with E-state index >= 15 is 0 Å². The molecule has 1 unspecified atom stereocenters. The summed E-state index contributed by atoms with van der Waals surface area (Å²) in [5, 5.41) is 15.0. The number of anilines is 1. The van der Waals surface area contributed by atoms with Crippen molar-refractivity contribution in [2.45, 2.75) is 45.6 Å². The van der Waals surface area contributed by atoms with Gasteiger partial charge in [0.15, 0.2) is 0 Å². The number of non-ortho nitro benzene ring substituents is 1. The molecule has 164 valence electrons. The Morgan fingerprint density at radius 2 is 2.13 bits per heavy atom. The number of amides is 1. The lowest BCUT2D eigenvalue weighted by atomic mass is 9.79. The van der Waals surface area contributed by atoms with Crippen LogP contribution in [0.4, 0.5) is 11.4 Å². The van der Waals surface area contributed by atoms with Crippen LogP contribution in [0.1, 0.15) is 61.5 Å². The van der Waals surface area contributed by atoms with Gasteiger partial charge >= 0.3 is 0 Å². The number of carbonyl (C=O) groups excluding carboxylic acids is 1. The standard InChI is InChI=1S/C23H28N4O4/c1-6-26-20-12-21(31-5)17(11-19(20)15(2)13-23(26,3)4)14-24-25-22(28)16-8-7-9-18(10-16)27(29)30/h7-12,14-15H,6,13H2,1-5H3,(H,25,28)/b24-14-. The van der Waals surface area contributed by atoms with Gasteiger partial charge in [0.25, 0.3) is 11.6 Å². The highest BCUT2D eigenvalue weighted by Gasteiger charge is 2.36. The number of nitrogens with zero attached hydrogens (tertiary/aromatic N) is 3. The fourth-order valence-electron chi connectivity index (χ4n) is 4.39. The van der Waals surface area contributed by atoms with Crippen LogP contribution in [-0.4, -0.2) is 36.2 Å². The third kappa shape index (κ3) is 4.52. The number of fused-ring (bicyclic) bond motifs is 1. The van der Waals surface area contributed by atoms with Crippen molar-refractivity contribution in [1.29, 1.82) is 0 Å². The molecule has 0 spiro atoms. The van der Waals surface area contributed by atoms with Gasteiger partial charge in [-0.05, 0) is 50.8 Å². The van der Waals surface area contributed by atoms with Gasteiger partial charge in [-0.1, -0.05) is 13.0 Å². The molecule has 8 heteroatoms. The van der Waals surface area contributed by atoms with Crippen LogP contribution in [0.15, 0.2) is 41.5 Å². The topological polar surface area (TPSA) is 97.1 Å². The highest BCUT2D eigenvalue weighted by atomic mass is 16.6. The molecule has 1 atom stereocenters. The van der Waals surface area contributed by atoms with E-state index in [9.17, 15) is 14.9 Å². The predicted octanol–water partition coefficient (Wildman–Crippen LogP) is 4.48. The van der Waals surface area contributed by atoms with Crippen LogP contribution in [-0.2, 0) is 0 Å². The van der Waals surface area contributed by atoms with Crippen LogP contribution >= 0.6 is 0 Å². The van der Waals surface area contributed by atoms with Gasteiger partial charge in [-0.3, -0.25) is 14.9 Å². The molecule has 1 aliphatic rings. The average Bonchev–Trinajstić information content (AvgIpc) is 2.73. The fraction of sp³-hybridized carbons (Fsp3) is 0.391. The maximum Gasteiger partial charge on any atom is 0.271 e. The van der Waals surface area contributed by atoms with Crippen molar-refractivity contribution in [2.24, 2.45) is 5.10 Å². The Labute approximate surface area is 182 Å². The van der Waals surface area contributed by atoms with E-state index in [1.807, 2.05) is 6.07 Å². The second kappa shape index (κ2) is 8.75. The zero-order valence-corrected chi connectivity index (χ0v) is 18.5. The Morgan fingerprint density at radius 1 is 1.39 bits per heavy atom. The molecule has 1 amide bonds. The van der Waals surface area contributed by atoms with Gasteiger partial charge in [0.2, 0.25) is 0 Å². The van der Waals surface area contributed by atoms with Crippen molar-refractivity contribution < 1.29 is 14.5 Å². The summed E-state index contributed by atoms with van der Waals surface area (Å²) < 4.78 is 5.59. The largest absolute Gasteiger partial charge is 0.496 e. The molecule has 0 saturated heterocycles. The van der Waals surface area contributed by atoms with Crippen molar-refractivity contribution in [3.63, 3.8) is 0 Å². The normalized spacial score (nSPS) is 17.3.